The zero-order valence-corrected chi connectivity index (χ0v) is 12.0. The first-order valence-corrected chi connectivity index (χ1v) is 7.21. The van der Waals surface area contributed by atoms with Crippen LogP contribution in [0, 0.1) is 0 Å². The van der Waals surface area contributed by atoms with Gasteiger partial charge in [0, 0.05) is 36.0 Å². The molecule has 0 atom stereocenters. The summed E-state index contributed by atoms with van der Waals surface area (Å²) in [5.74, 6) is 1.99. The van der Waals surface area contributed by atoms with E-state index in [1.54, 1.807) is 0 Å². The summed E-state index contributed by atoms with van der Waals surface area (Å²) in [7, 11) is 0. The lowest BCUT2D eigenvalue weighted by molar-refractivity contribution is 0.631. The quantitative estimate of drug-likeness (QED) is 0.797. The molecule has 0 spiro atoms. The van der Waals surface area contributed by atoms with Gasteiger partial charge in [0.05, 0.1) is 4.47 Å². The van der Waals surface area contributed by atoms with Crippen molar-refractivity contribution in [1.82, 2.24) is 9.97 Å². The summed E-state index contributed by atoms with van der Waals surface area (Å²) >= 11 is 5.39. The molecule has 3 nitrogen and oxygen atoms in total. The Morgan fingerprint density at radius 2 is 2.00 bits per heavy atom. The van der Waals surface area contributed by atoms with E-state index in [1.807, 2.05) is 24.2 Å². The topological polar surface area (TPSA) is 29.0 Å². The third-order valence-electron chi connectivity index (χ3n) is 2.73. The lowest BCUT2D eigenvalue weighted by Crippen LogP contribution is -2.28. The Kier molecular flexibility index (Phi) is 3.74. The standard InChI is InChI=1S/C11H16BrN3S/c1-11(2)3-4-15(5-6-16-11)10-13-7-9(12)8-14-10/h7-8H,3-6H2,1-2H3. The highest BCUT2D eigenvalue weighted by atomic mass is 79.9. The van der Waals surface area contributed by atoms with Crippen LogP contribution in [0.3, 0.4) is 0 Å². The van der Waals surface area contributed by atoms with Gasteiger partial charge in [-0.25, -0.2) is 9.97 Å². The SMILES string of the molecule is CC1(C)CCN(c2ncc(Br)cn2)CCS1. The number of hydrogen-bond donors (Lipinski definition) is 0. The third-order valence-corrected chi connectivity index (χ3v) is 4.51. The Hall–Kier alpha value is -0.290. The molecule has 0 aromatic carbocycles. The average molecular weight is 302 g/mol. The lowest BCUT2D eigenvalue weighted by atomic mass is 10.1. The Bertz CT molecular complexity index is 353. The fraction of sp³-hybridized carbons (Fsp3) is 0.636. The minimum Gasteiger partial charge on any atom is -0.340 e. The van der Waals surface area contributed by atoms with Gasteiger partial charge in [0.2, 0.25) is 5.95 Å². The molecule has 88 valence electrons. The number of nitrogens with zero attached hydrogens (tertiary/aromatic N) is 3. The number of aromatic nitrogens is 2. The first-order chi connectivity index (χ1) is 7.57. The lowest BCUT2D eigenvalue weighted by Gasteiger charge is -2.22. The molecule has 0 unspecified atom stereocenters. The van der Waals surface area contributed by atoms with Gasteiger partial charge in [-0.2, -0.15) is 11.8 Å². The van der Waals surface area contributed by atoms with E-state index in [2.05, 4.69) is 44.6 Å². The third kappa shape index (κ3) is 3.10. The van der Waals surface area contributed by atoms with Crippen LogP contribution in [-0.2, 0) is 0 Å². The molecular formula is C11H16BrN3S. The molecule has 1 aromatic rings. The zero-order valence-electron chi connectivity index (χ0n) is 9.61. The van der Waals surface area contributed by atoms with Gasteiger partial charge >= 0.3 is 0 Å². The van der Waals surface area contributed by atoms with E-state index >= 15 is 0 Å². The molecule has 0 bridgehead atoms. The summed E-state index contributed by atoms with van der Waals surface area (Å²) in [5, 5.41) is 0. The second kappa shape index (κ2) is 4.92. The fourth-order valence-corrected chi connectivity index (χ4v) is 2.99. The first kappa shape index (κ1) is 12.2. The summed E-state index contributed by atoms with van der Waals surface area (Å²) < 4.78 is 1.31. The summed E-state index contributed by atoms with van der Waals surface area (Å²) in [6.07, 6.45) is 4.80. The second-order valence-electron chi connectivity index (χ2n) is 4.55. The molecule has 5 heteroatoms. The number of hydrogen-bond acceptors (Lipinski definition) is 4. The zero-order chi connectivity index (χ0) is 11.6. The van der Waals surface area contributed by atoms with E-state index < -0.39 is 0 Å². The van der Waals surface area contributed by atoms with Gasteiger partial charge in [-0.15, -0.1) is 0 Å². The van der Waals surface area contributed by atoms with Crippen molar-refractivity contribution in [2.75, 3.05) is 23.7 Å². The highest BCUT2D eigenvalue weighted by Crippen LogP contribution is 2.31. The van der Waals surface area contributed by atoms with Crippen LogP contribution in [0.2, 0.25) is 0 Å². The molecular weight excluding hydrogens is 286 g/mol. The first-order valence-electron chi connectivity index (χ1n) is 5.43. The molecule has 0 amide bonds. The normalized spacial score (nSPS) is 20.6. The van der Waals surface area contributed by atoms with Crippen LogP contribution in [0.5, 0.6) is 0 Å². The van der Waals surface area contributed by atoms with Crippen molar-refractivity contribution in [2.45, 2.75) is 25.0 Å². The molecule has 2 heterocycles. The molecule has 0 aliphatic carbocycles. The molecule has 1 aliphatic rings. The minimum absolute atomic E-state index is 0.379. The van der Waals surface area contributed by atoms with Crippen molar-refractivity contribution in [3.8, 4) is 0 Å². The summed E-state index contributed by atoms with van der Waals surface area (Å²) in [6.45, 7) is 6.70. The van der Waals surface area contributed by atoms with Gasteiger partial charge in [0.1, 0.15) is 0 Å². The maximum Gasteiger partial charge on any atom is 0.225 e. The van der Waals surface area contributed by atoms with Gasteiger partial charge in [-0.1, -0.05) is 13.8 Å². The monoisotopic (exact) mass is 301 g/mol. The van der Waals surface area contributed by atoms with Crippen LogP contribution in [0.25, 0.3) is 0 Å². The maximum atomic E-state index is 4.35. The summed E-state index contributed by atoms with van der Waals surface area (Å²) in [4.78, 5) is 11.0. The van der Waals surface area contributed by atoms with E-state index in [-0.39, 0.29) is 0 Å². The molecule has 1 aromatic heterocycles. The predicted octanol–water partition coefficient (Wildman–Crippen LogP) is 2.96. The van der Waals surface area contributed by atoms with E-state index in [9.17, 15) is 0 Å². The molecule has 1 fully saturated rings. The smallest absolute Gasteiger partial charge is 0.225 e. The molecule has 1 saturated heterocycles. The van der Waals surface area contributed by atoms with Gasteiger partial charge in [-0.05, 0) is 22.4 Å². The van der Waals surface area contributed by atoms with Gasteiger partial charge in [0.25, 0.3) is 0 Å². The van der Waals surface area contributed by atoms with Crippen LogP contribution in [-0.4, -0.2) is 33.6 Å². The molecule has 1 aliphatic heterocycles. The largest absolute Gasteiger partial charge is 0.340 e. The van der Waals surface area contributed by atoms with Crippen LogP contribution < -0.4 is 4.90 Å². The van der Waals surface area contributed by atoms with Gasteiger partial charge in [-0.3, -0.25) is 0 Å². The number of thioether (sulfide) groups is 1. The fourth-order valence-electron chi connectivity index (χ4n) is 1.69. The van der Waals surface area contributed by atoms with E-state index in [4.69, 9.17) is 0 Å². The van der Waals surface area contributed by atoms with E-state index in [0.717, 1.165) is 29.3 Å². The van der Waals surface area contributed by atoms with Gasteiger partial charge in [0.15, 0.2) is 0 Å². The van der Waals surface area contributed by atoms with Crippen LogP contribution in [0.1, 0.15) is 20.3 Å². The van der Waals surface area contributed by atoms with Crippen molar-refractivity contribution in [3.05, 3.63) is 16.9 Å². The molecule has 0 radical (unpaired) electrons. The Labute approximate surface area is 109 Å². The van der Waals surface area contributed by atoms with Crippen molar-refractivity contribution in [1.29, 1.82) is 0 Å². The number of anilines is 1. The molecule has 0 N–H and O–H groups in total. The Morgan fingerprint density at radius 1 is 1.31 bits per heavy atom. The summed E-state index contributed by atoms with van der Waals surface area (Å²) in [5.41, 5.74) is 0. The number of halogens is 1. The van der Waals surface area contributed by atoms with Crippen LogP contribution in [0.4, 0.5) is 5.95 Å². The molecule has 0 saturated carbocycles. The van der Waals surface area contributed by atoms with Crippen LogP contribution >= 0.6 is 27.7 Å². The van der Waals surface area contributed by atoms with Crippen LogP contribution in [0.15, 0.2) is 16.9 Å². The van der Waals surface area contributed by atoms with Crippen molar-refractivity contribution in [2.24, 2.45) is 0 Å². The predicted molar refractivity (Wildman–Crippen MR) is 73.1 cm³/mol. The second-order valence-corrected chi connectivity index (χ2v) is 7.26. The van der Waals surface area contributed by atoms with E-state index in [1.165, 1.54) is 6.42 Å². The highest BCUT2D eigenvalue weighted by molar-refractivity contribution is 9.10. The highest BCUT2D eigenvalue weighted by Gasteiger charge is 2.24. The maximum absolute atomic E-state index is 4.35. The van der Waals surface area contributed by atoms with Gasteiger partial charge < -0.3 is 4.90 Å². The molecule has 16 heavy (non-hydrogen) atoms. The Balaban J connectivity index is 2.08. The van der Waals surface area contributed by atoms with Crippen molar-refractivity contribution < 1.29 is 0 Å². The Morgan fingerprint density at radius 3 is 2.69 bits per heavy atom. The van der Waals surface area contributed by atoms with Crippen molar-refractivity contribution in [3.63, 3.8) is 0 Å². The van der Waals surface area contributed by atoms with Crippen molar-refractivity contribution >= 4 is 33.6 Å². The van der Waals surface area contributed by atoms with E-state index in [0.29, 0.717) is 4.75 Å². The summed E-state index contributed by atoms with van der Waals surface area (Å²) in [6, 6.07) is 0. The molecule has 2 rings (SSSR count). The average Bonchev–Trinajstić information content (AvgIpc) is 2.41. The number of rotatable bonds is 1. The minimum atomic E-state index is 0.379.